The van der Waals surface area contributed by atoms with Crippen LogP contribution in [0.4, 0.5) is 0 Å². The van der Waals surface area contributed by atoms with Gasteiger partial charge >= 0.3 is 0 Å². The lowest BCUT2D eigenvalue weighted by Crippen LogP contribution is -2.49. The topological polar surface area (TPSA) is 21.8 Å². The minimum absolute atomic E-state index is 0.764. The molecule has 1 N–H and O–H groups in total. The Morgan fingerprint density at radius 2 is 1.74 bits per heavy atom. The zero-order valence-corrected chi connectivity index (χ0v) is 13.5. The van der Waals surface area contributed by atoms with E-state index in [0.29, 0.717) is 0 Å². The molecule has 0 radical (unpaired) electrons. The molecule has 19 heavy (non-hydrogen) atoms. The summed E-state index contributed by atoms with van der Waals surface area (Å²) in [6.45, 7) is 15.5. The van der Waals surface area contributed by atoms with Gasteiger partial charge in [0.1, 0.15) is 0 Å². The molecule has 0 spiro atoms. The van der Waals surface area contributed by atoms with Crippen LogP contribution in [0, 0.1) is 5.92 Å². The summed E-state index contributed by atoms with van der Waals surface area (Å²) in [6.07, 6.45) is 1.23. The maximum Gasteiger partial charge on any atom is 0.0110 e. The molecule has 0 saturated carbocycles. The van der Waals surface area contributed by atoms with E-state index in [9.17, 15) is 0 Å². The highest BCUT2D eigenvalue weighted by atomic mass is 15.3. The van der Waals surface area contributed by atoms with Crippen molar-refractivity contribution in [2.45, 2.75) is 20.3 Å². The molecule has 0 aromatic carbocycles. The first-order valence-electron chi connectivity index (χ1n) is 7.92. The predicted octanol–water partition coefficient (Wildman–Crippen LogP) is 0.801. The lowest BCUT2D eigenvalue weighted by Gasteiger charge is -2.36. The van der Waals surface area contributed by atoms with Crippen molar-refractivity contribution < 1.29 is 0 Å². The van der Waals surface area contributed by atoms with E-state index in [0.717, 1.165) is 19.0 Å². The van der Waals surface area contributed by atoms with E-state index in [1.165, 1.54) is 52.2 Å². The molecule has 0 aromatic rings. The Hall–Kier alpha value is -0.160. The molecule has 1 unspecified atom stereocenters. The van der Waals surface area contributed by atoms with Gasteiger partial charge < -0.3 is 15.1 Å². The molecule has 1 aliphatic rings. The number of hydrogen-bond donors (Lipinski definition) is 1. The summed E-state index contributed by atoms with van der Waals surface area (Å²) in [5.74, 6) is 0.764. The van der Waals surface area contributed by atoms with Crippen LogP contribution >= 0.6 is 0 Å². The molecule has 1 saturated heterocycles. The Morgan fingerprint density at radius 1 is 1.11 bits per heavy atom. The third kappa shape index (κ3) is 7.88. The fourth-order valence-electron chi connectivity index (χ4n) is 2.57. The first kappa shape index (κ1) is 16.9. The van der Waals surface area contributed by atoms with Crippen LogP contribution in [0.25, 0.3) is 0 Å². The molecule has 0 aliphatic carbocycles. The van der Waals surface area contributed by atoms with Crippen molar-refractivity contribution in [3.8, 4) is 0 Å². The second-order valence-electron chi connectivity index (χ2n) is 6.25. The fraction of sp³-hybridized carbons (Fsp3) is 1.00. The number of piperazine rings is 1. The zero-order chi connectivity index (χ0) is 14.1. The van der Waals surface area contributed by atoms with Gasteiger partial charge in [0.05, 0.1) is 0 Å². The molecule has 4 heteroatoms. The van der Waals surface area contributed by atoms with Crippen molar-refractivity contribution in [3.05, 3.63) is 0 Å². The van der Waals surface area contributed by atoms with E-state index >= 15 is 0 Å². The lowest BCUT2D eigenvalue weighted by atomic mass is 10.1. The zero-order valence-electron chi connectivity index (χ0n) is 13.5. The Balaban J connectivity index is 2.08. The van der Waals surface area contributed by atoms with Crippen LogP contribution in [0.1, 0.15) is 20.3 Å². The van der Waals surface area contributed by atoms with E-state index in [1.54, 1.807) is 0 Å². The summed E-state index contributed by atoms with van der Waals surface area (Å²) in [5.41, 5.74) is 0. The van der Waals surface area contributed by atoms with Crippen molar-refractivity contribution in [2.75, 3.05) is 73.0 Å². The number of nitrogens with zero attached hydrogens (tertiary/aromatic N) is 3. The first-order chi connectivity index (χ1) is 9.11. The highest BCUT2D eigenvalue weighted by Crippen LogP contribution is 2.05. The molecule has 1 fully saturated rings. The van der Waals surface area contributed by atoms with Gasteiger partial charge in [-0.25, -0.2) is 0 Å². The van der Waals surface area contributed by atoms with Gasteiger partial charge in [-0.15, -0.1) is 0 Å². The number of likely N-dealkylation sites (N-methyl/N-ethyl adjacent to an activating group) is 1. The van der Waals surface area contributed by atoms with Crippen LogP contribution in [-0.4, -0.2) is 87.7 Å². The molecule has 1 heterocycles. The van der Waals surface area contributed by atoms with E-state index in [1.807, 2.05) is 0 Å². The van der Waals surface area contributed by atoms with Crippen LogP contribution in [0.5, 0.6) is 0 Å². The summed E-state index contributed by atoms with van der Waals surface area (Å²) in [7, 11) is 4.31. The van der Waals surface area contributed by atoms with Crippen LogP contribution < -0.4 is 5.32 Å². The molecular formula is C15H34N4. The van der Waals surface area contributed by atoms with Gasteiger partial charge in [0.2, 0.25) is 0 Å². The van der Waals surface area contributed by atoms with Crippen LogP contribution in [0.15, 0.2) is 0 Å². The molecule has 1 atom stereocenters. The number of rotatable bonds is 9. The van der Waals surface area contributed by atoms with Gasteiger partial charge in [-0.05, 0) is 39.5 Å². The molecule has 1 rings (SSSR count). The van der Waals surface area contributed by atoms with Gasteiger partial charge in [-0.1, -0.05) is 13.8 Å². The smallest absolute Gasteiger partial charge is 0.0110 e. The third-order valence-electron chi connectivity index (χ3n) is 3.82. The second kappa shape index (κ2) is 9.70. The van der Waals surface area contributed by atoms with E-state index < -0.39 is 0 Å². The molecule has 0 aromatic heterocycles. The monoisotopic (exact) mass is 270 g/mol. The fourth-order valence-corrected chi connectivity index (χ4v) is 2.57. The molecule has 0 bridgehead atoms. The van der Waals surface area contributed by atoms with Gasteiger partial charge in [0.15, 0.2) is 0 Å². The van der Waals surface area contributed by atoms with Gasteiger partial charge in [0, 0.05) is 45.8 Å². The average molecular weight is 270 g/mol. The summed E-state index contributed by atoms with van der Waals surface area (Å²) < 4.78 is 0. The molecular weight excluding hydrogens is 236 g/mol. The van der Waals surface area contributed by atoms with Crippen LogP contribution in [0.2, 0.25) is 0 Å². The van der Waals surface area contributed by atoms with Crippen LogP contribution in [0.3, 0.4) is 0 Å². The van der Waals surface area contributed by atoms with E-state index in [4.69, 9.17) is 0 Å². The number of nitrogens with one attached hydrogen (secondary N) is 1. The summed E-state index contributed by atoms with van der Waals surface area (Å²) in [5, 5.41) is 3.52. The van der Waals surface area contributed by atoms with Crippen molar-refractivity contribution in [1.29, 1.82) is 0 Å². The van der Waals surface area contributed by atoms with E-state index in [2.05, 4.69) is 48.0 Å². The standard InChI is InChI=1S/C15H34N4/c1-5-6-16-13-15(2)14-19-11-9-18(10-12-19)8-7-17(3)4/h15-16H,5-14H2,1-4H3. The van der Waals surface area contributed by atoms with Crippen molar-refractivity contribution in [1.82, 2.24) is 20.0 Å². The van der Waals surface area contributed by atoms with Crippen molar-refractivity contribution in [3.63, 3.8) is 0 Å². The van der Waals surface area contributed by atoms with Gasteiger partial charge in [0.25, 0.3) is 0 Å². The van der Waals surface area contributed by atoms with Gasteiger partial charge in [-0.3, -0.25) is 4.90 Å². The molecule has 1 aliphatic heterocycles. The predicted molar refractivity (Wildman–Crippen MR) is 83.8 cm³/mol. The SMILES string of the molecule is CCCNCC(C)CN1CCN(CCN(C)C)CC1. The summed E-state index contributed by atoms with van der Waals surface area (Å²) in [4.78, 5) is 7.49. The third-order valence-corrected chi connectivity index (χ3v) is 3.82. The minimum Gasteiger partial charge on any atom is -0.316 e. The second-order valence-corrected chi connectivity index (χ2v) is 6.25. The Bertz CT molecular complexity index is 212. The highest BCUT2D eigenvalue weighted by Gasteiger charge is 2.18. The largest absolute Gasteiger partial charge is 0.316 e. The molecule has 4 nitrogen and oxygen atoms in total. The quantitative estimate of drug-likeness (QED) is 0.626. The summed E-state index contributed by atoms with van der Waals surface area (Å²) >= 11 is 0. The van der Waals surface area contributed by atoms with Crippen molar-refractivity contribution in [2.24, 2.45) is 5.92 Å². The number of hydrogen-bond acceptors (Lipinski definition) is 4. The maximum absolute atomic E-state index is 3.52. The van der Waals surface area contributed by atoms with Crippen LogP contribution in [-0.2, 0) is 0 Å². The highest BCUT2D eigenvalue weighted by molar-refractivity contribution is 4.74. The van der Waals surface area contributed by atoms with E-state index in [-0.39, 0.29) is 0 Å². The Kier molecular flexibility index (Phi) is 8.62. The minimum atomic E-state index is 0.764. The average Bonchev–Trinajstić information content (AvgIpc) is 2.38. The molecule has 0 amide bonds. The Labute approximate surface area is 120 Å². The summed E-state index contributed by atoms with van der Waals surface area (Å²) in [6, 6.07) is 0. The molecule has 114 valence electrons. The lowest BCUT2D eigenvalue weighted by molar-refractivity contribution is 0.114. The van der Waals surface area contributed by atoms with Crippen molar-refractivity contribution >= 4 is 0 Å². The first-order valence-corrected chi connectivity index (χ1v) is 7.92. The normalized spacial score (nSPS) is 20.1. The Morgan fingerprint density at radius 3 is 2.32 bits per heavy atom. The maximum atomic E-state index is 3.52. The van der Waals surface area contributed by atoms with Gasteiger partial charge in [-0.2, -0.15) is 0 Å².